The first-order chi connectivity index (χ1) is 9.00. The molecular formula is C12H17FN4O2. The van der Waals surface area contributed by atoms with Crippen molar-refractivity contribution in [3.05, 3.63) is 27.2 Å². The van der Waals surface area contributed by atoms with Crippen molar-refractivity contribution in [3.8, 4) is 0 Å². The summed E-state index contributed by atoms with van der Waals surface area (Å²) in [4.78, 5) is 30.5. The summed E-state index contributed by atoms with van der Waals surface area (Å²) >= 11 is 0. The fourth-order valence-electron chi connectivity index (χ4n) is 2.06. The summed E-state index contributed by atoms with van der Waals surface area (Å²) in [5.41, 5.74) is -0.152. The second-order valence-corrected chi connectivity index (χ2v) is 4.72. The van der Waals surface area contributed by atoms with Gasteiger partial charge in [-0.3, -0.25) is 14.3 Å². The highest BCUT2D eigenvalue weighted by Gasteiger charge is 2.11. The second-order valence-electron chi connectivity index (χ2n) is 4.72. The molecule has 0 fully saturated rings. The molecule has 1 atom stereocenters. The third kappa shape index (κ3) is 2.74. The van der Waals surface area contributed by atoms with E-state index in [9.17, 15) is 14.0 Å². The summed E-state index contributed by atoms with van der Waals surface area (Å²) in [6.07, 6.45) is 2.32. The van der Waals surface area contributed by atoms with E-state index in [4.69, 9.17) is 0 Å². The number of halogens is 1. The number of hydrogen-bond acceptors (Lipinski definition) is 3. The molecule has 0 aliphatic carbocycles. The molecule has 0 radical (unpaired) electrons. The quantitative estimate of drug-likeness (QED) is 0.821. The first-order valence-electron chi connectivity index (χ1n) is 6.29. The lowest BCUT2D eigenvalue weighted by atomic mass is 10.2. The zero-order valence-corrected chi connectivity index (χ0v) is 11.0. The molecule has 2 aromatic heterocycles. The Morgan fingerprint density at radius 2 is 2.16 bits per heavy atom. The van der Waals surface area contributed by atoms with Crippen molar-refractivity contribution in [1.82, 2.24) is 19.1 Å². The molecule has 2 aromatic rings. The summed E-state index contributed by atoms with van der Waals surface area (Å²) in [5.74, 6) is 0. The van der Waals surface area contributed by atoms with Crippen molar-refractivity contribution in [2.75, 3.05) is 0 Å². The SMILES string of the molecule is CC(F)CCCCn1c(=O)[nH]c2ncn(C)c2c1=O. The smallest absolute Gasteiger partial charge is 0.328 e. The van der Waals surface area contributed by atoms with Crippen LogP contribution in [0.15, 0.2) is 15.9 Å². The minimum Gasteiger partial charge on any atom is -0.328 e. The highest BCUT2D eigenvalue weighted by atomic mass is 19.1. The van der Waals surface area contributed by atoms with Gasteiger partial charge in [-0.1, -0.05) is 0 Å². The van der Waals surface area contributed by atoms with Crippen LogP contribution in [0.25, 0.3) is 11.2 Å². The van der Waals surface area contributed by atoms with Crippen LogP contribution in [-0.2, 0) is 13.6 Å². The Hall–Kier alpha value is -1.92. The maximum atomic E-state index is 12.7. The number of aryl methyl sites for hydroxylation is 1. The molecule has 0 saturated heterocycles. The number of unbranched alkanes of at least 4 members (excludes halogenated alkanes) is 1. The van der Waals surface area contributed by atoms with Gasteiger partial charge in [-0.2, -0.15) is 0 Å². The van der Waals surface area contributed by atoms with E-state index in [2.05, 4.69) is 9.97 Å². The van der Waals surface area contributed by atoms with Crippen LogP contribution in [0.3, 0.4) is 0 Å². The summed E-state index contributed by atoms with van der Waals surface area (Å²) < 4.78 is 15.4. The van der Waals surface area contributed by atoms with E-state index in [-0.39, 0.29) is 5.56 Å². The molecule has 0 bridgehead atoms. The molecule has 0 spiro atoms. The largest absolute Gasteiger partial charge is 0.330 e. The van der Waals surface area contributed by atoms with Gasteiger partial charge in [-0.05, 0) is 26.2 Å². The minimum atomic E-state index is -0.852. The molecule has 7 heteroatoms. The van der Waals surface area contributed by atoms with Gasteiger partial charge >= 0.3 is 5.69 Å². The van der Waals surface area contributed by atoms with E-state index in [1.54, 1.807) is 11.6 Å². The van der Waals surface area contributed by atoms with Gasteiger partial charge in [0.1, 0.15) is 0 Å². The van der Waals surface area contributed by atoms with Gasteiger partial charge in [0.15, 0.2) is 11.2 Å². The number of rotatable bonds is 5. The fraction of sp³-hybridized carbons (Fsp3) is 0.583. The van der Waals surface area contributed by atoms with Gasteiger partial charge < -0.3 is 4.57 Å². The first kappa shape index (κ1) is 13.5. The molecule has 0 amide bonds. The van der Waals surface area contributed by atoms with E-state index < -0.39 is 11.9 Å². The number of aromatic nitrogens is 4. The lowest BCUT2D eigenvalue weighted by Gasteiger charge is -2.05. The van der Waals surface area contributed by atoms with Crippen molar-refractivity contribution in [3.63, 3.8) is 0 Å². The maximum absolute atomic E-state index is 12.7. The van der Waals surface area contributed by atoms with E-state index in [1.165, 1.54) is 13.3 Å². The molecule has 1 unspecified atom stereocenters. The molecule has 2 rings (SSSR count). The standard InChI is InChI=1S/C12H17FN4O2/c1-8(13)5-3-4-6-17-11(18)9-10(15-12(17)19)14-7-16(9)2/h7-8H,3-6H2,1-2H3,(H,15,19). The molecule has 0 aliphatic rings. The van der Waals surface area contributed by atoms with Gasteiger partial charge in [0.2, 0.25) is 0 Å². The number of alkyl halides is 1. The van der Waals surface area contributed by atoms with Crippen LogP contribution in [0, 0.1) is 0 Å². The Morgan fingerprint density at radius 3 is 2.84 bits per heavy atom. The van der Waals surface area contributed by atoms with Gasteiger partial charge in [0.05, 0.1) is 12.5 Å². The molecular weight excluding hydrogens is 251 g/mol. The Bertz CT molecular complexity index is 683. The van der Waals surface area contributed by atoms with Gasteiger partial charge in [-0.15, -0.1) is 0 Å². The predicted molar refractivity (Wildman–Crippen MR) is 70.0 cm³/mol. The van der Waals surface area contributed by atoms with Crippen LogP contribution in [0.1, 0.15) is 26.2 Å². The molecule has 0 aromatic carbocycles. The first-order valence-corrected chi connectivity index (χ1v) is 6.29. The maximum Gasteiger partial charge on any atom is 0.330 e. The molecule has 0 aliphatic heterocycles. The lowest BCUT2D eigenvalue weighted by molar-refractivity contribution is 0.328. The number of fused-ring (bicyclic) bond motifs is 1. The van der Waals surface area contributed by atoms with Crippen molar-refractivity contribution in [2.24, 2.45) is 7.05 Å². The summed E-state index contributed by atoms with van der Waals surface area (Å²) in [5, 5.41) is 0. The Labute approximate surface area is 108 Å². The Balaban J connectivity index is 2.25. The monoisotopic (exact) mass is 268 g/mol. The van der Waals surface area contributed by atoms with Crippen LogP contribution in [0.4, 0.5) is 4.39 Å². The summed E-state index contributed by atoms with van der Waals surface area (Å²) in [6.45, 7) is 1.79. The summed E-state index contributed by atoms with van der Waals surface area (Å²) in [7, 11) is 1.70. The van der Waals surface area contributed by atoms with Crippen LogP contribution in [0.5, 0.6) is 0 Å². The van der Waals surface area contributed by atoms with E-state index in [1.807, 2.05) is 0 Å². The van der Waals surface area contributed by atoms with E-state index >= 15 is 0 Å². The van der Waals surface area contributed by atoms with Crippen molar-refractivity contribution >= 4 is 11.2 Å². The van der Waals surface area contributed by atoms with Crippen LogP contribution in [-0.4, -0.2) is 25.3 Å². The number of nitrogens with one attached hydrogen (secondary N) is 1. The molecule has 6 nitrogen and oxygen atoms in total. The molecule has 2 heterocycles. The molecule has 0 saturated carbocycles. The minimum absolute atomic E-state index is 0.294. The molecule has 104 valence electrons. The lowest BCUT2D eigenvalue weighted by Crippen LogP contribution is -2.35. The van der Waals surface area contributed by atoms with E-state index in [0.29, 0.717) is 37.0 Å². The highest BCUT2D eigenvalue weighted by molar-refractivity contribution is 5.68. The van der Waals surface area contributed by atoms with Gasteiger partial charge in [0.25, 0.3) is 5.56 Å². The predicted octanol–water partition coefficient (Wildman–Crippen LogP) is 0.952. The molecule has 19 heavy (non-hydrogen) atoms. The highest BCUT2D eigenvalue weighted by Crippen LogP contribution is 2.05. The average molecular weight is 268 g/mol. The van der Waals surface area contributed by atoms with Gasteiger partial charge in [-0.25, -0.2) is 14.2 Å². The Kier molecular flexibility index (Phi) is 3.82. The zero-order valence-electron chi connectivity index (χ0n) is 11.0. The normalized spacial score (nSPS) is 13.0. The van der Waals surface area contributed by atoms with Gasteiger partial charge in [0, 0.05) is 13.6 Å². The number of aromatic amines is 1. The van der Waals surface area contributed by atoms with Crippen molar-refractivity contribution < 1.29 is 4.39 Å². The fourth-order valence-corrected chi connectivity index (χ4v) is 2.06. The van der Waals surface area contributed by atoms with Crippen LogP contribution >= 0.6 is 0 Å². The third-order valence-corrected chi connectivity index (χ3v) is 3.09. The van der Waals surface area contributed by atoms with E-state index in [0.717, 1.165) is 4.57 Å². The Morgan fingerprint density at radius 1 is 1.42 bits per heavy atom. The number of H-pyrrole nitrogens is 1. The number of hydrogen-bond donors (Lipinski definition) is 1. The average Bonchev–Trinajstić information content (AvgIpc) is 2.69. The second kappa shape index (κ2) is 5.38. The summed E-state index contributed by atoms with van der Waals surface area (Å²) in [6, 6.07) is 0. The van der Waals surface area contributed by atoms with Crippen molar-refractivity contribution in [1.29, 1.82) is 0 Å². The third-order valence-electron chi connectivity index (χ3n) is 3.09. The van der Waals surface area contributed by atoms with Crippen LogP contribution < -0.4 is 11.2 Å². The van der Waals surface area contributed by atoms with Crippen LogP contribution in [0.2, 0.25) is 0 Å². The number of imidazole rings is 1. The number of nitrogens with zero attached hydrogens (tertiary/aromatic N) is 3. The zero-order chi connectivity index (χ0) is 14.0. The topological polar surface area (TPSA) is 72.7 Å². The molecule has 1 N–H and O–H groups in total. The van der Waals surface area contributed by atoms with Crippen molar-refractivity contribution in [2.45, 2.75) is 38.9 Å².